The molecule has 162 valence electrons. The van der Waals surface area contributed by atoms with Gasteiger partial charge in [-0.2, -0.15) is 13.2 Å². The van der Waals surface area contributed by atoms with Crippen molar-refractivity contribution in [2.75, 3.05) is 31.3 Å². The fourth-order valence-corrected chi connectivity index (χ4v) is 3.14. The number of carbonyl (C=O) groups excluding carboxylic acids is 2. The Labute approximate surface area is 171 Å². The van der Waals surface area contributed by atoms with Crippen LogP contribution in [0.2, 0.25) is 5.02 Å². The molecule has 1 heterocycles. The van der Waals surface area contributed by atoms with Gasteiger partial charge in [0.05, 0.1) is 23.9 Å². The number of carbonyl (C=O) groups is 2. The van der Waals surface area contributed by atoms with Crippen LogP contribution in [0, 0.1) is 0 Å². The molecule has 1 atom stereocenters. The summed E-state index contributed by atoms with van der Waals surface area (Å²) < 4.78 is 54.6. The Bertz CT molecular complexity index is 708. The standard InChI is InChI=1S/C19H23ClF3NO5/c1-2-27-16(25)12-24(18(26)19(21,22)23)15-7-6-13(11-14(15)20)8-10-29-17-5-3-4-9-28-17/h6-7,11,17H,2-5,8-10,12H2,1H3/t17-/m1/s1. The number of rotatable bonds is 8. The van der Waals surface area contributed by atoms with E-state index in [1.165, 1.54) is 25.1 Å². The minimum absolute atomic E-state index is 0.0236. The van der Waals surface area contributed by atoms with Crippen LogP contribution in [0.5, 0.6) is 0 Å². The average Bonchev–Trinajstić information content (AvgIpc) is 2.66. The highest BCUT2D eigenvalue weighted by atomic mass is 35.5. The highest BCUT2D eigenvalue weighted by Gasteiger charge is 2.44. The molecule has 1 saturated heterocycles. The summed E-state index contributed by atoms with van der Waals surface area (Å²) in [7, 11) is 0. The minimum Gasteiger partial charge on any atom is -0.465 e. The van der Waals surface area contributed by atoms with Gasteiger partial charge in [-0.3, -0.25) is 14.5 Å². The Morgan fingerprint density at radius 2 is 2.07 bits per heavy atom. The van der Waals surface area contributed by atoms with Crippen molar-refractivity contribution < 1.29 is 37.0 Å². The predicted octanol–water partition coefficient (Wildman–Crippen LogP) is 3.88. The molecular formula is C19H23ClF3NO5. The van der Waals surface area contributed by atoms with Crippen LogP contribution >= 0.6 is 11.6 Å². The molecule has 1 aliphatic heterocycles. The number of hydrogen-bond donors (Lipinski definition) is 0. The summed E-state index contributed by atoms with van der Waals surface area (Å²) >= 11 is 6.13. The second-order valence-corrected chi connectivity index (χ2v) is 6.80. The van der Waals surface area contributed by atoms with Crippen LogP contribution in [0.25, 0.3) is 0 Å². The number of hydrogen-bond acceptors (Lipinski definition) is 5. The van der Waals surface area contributed by atoms with Crippen molar-refractivity contribution in [3.63, 3.8) is 0 Å². The van der Waals surface area contributed by atoms with E-state index in [4.69, 9.17) is 21.1 Å². The number of benzene rings is 1. The largest absolute Gasteiger partial charge is 0.471 e. The van der Waals surface area contributed by atoms with E-state index in [1.54, 1.807) is 0 Å². The smallest absolute Gasteiger partial charge is 0.465 e. The number of amides is 1. The van der Waals surface area contributed by atoms with Crippen molar-refractivity contribution in [3.05, 3.63) is 28.8 Å². The lowest BCUT2D eigenvalue weighted by Crippen LogP contribution is -2.44. The maximum Gasteiger partial charge on any atom is 0.471 e. The molecule has 1 amide bonds. The quantitative estimate of drug-likeness (QED) is 0.577. The number of anilines is 1. The molecule has 10 heteroatoms. The highest BCUT2D eigenvalue weighted by molar-refractivity contribution is 6.34. The molecule has 6 nitrogen and oxygen atoms in total. The molecular weight excluding hydrogens is 415 g/mol. The molecule has 0 N–H and O–H groups in total. The first kappa shape index (κ1) is 23.4. The summed E-state index contributed by atoms with van der Waals surface area (Å²) in [5.74, 6) is -3.16. The zero-order chi connectivity index (χ0) is 21.4. The van der Waals surface area contributed by atoms with Gasteiger partial charge in [0.1, 0.15) is 6.54 Å². The molecule has 0 spiro atoms. The van der Waals surface area contributed by atoms with Crippen molar-refractivity contribution in [1.82, 2.24) is 0 Å². The molecule has 0 unspecified atom stereocenters. The molecule has 0 saturated carbocycles. The minimum atomic E-state index is -5.16. The Morgan fingerprint density at radius 3 is 2.66 bits per heavy atom. The molecule has 0 aliphatic carbocycles. The molecule has 1 aliphatic rings. The molecule has 1 aromatic rings. The third-order valence-corrected chi connectivity index (χ3v) is 4.52. The summed E-state index contributed by atoms with van der Waals surface area (Å²) in [4.78, 5) is 23.7. The predicted molar refractivity (Wildman–Crippen MR) is 99.7 cm³/mol. The van der Waals surface area contributed by atoms with Gasteiger partial charge in [-0.25, -0.2) is 0 Å². The van der Waals surface area contributed by atoms with Crippen molar-refractivity contribution in [3.8, 4) is 0 Å². The van der Waals surface area contributed by atoms with Crippen LogP contribution in [-0.4, -0.2) is 50.7 Å². The molecule has 0 bridgehead atoms. The number of alkyl halides is 3. The van der Waals surface area contributed by atoms with Gasteiger partial charge in [0.25, 0.3) is 0 Å². The molecule has 0 radical (unpaired) electrons. The van der Waals surface area contributed by atoms with E-state index in [0.717, 1.165) is 19.3 Å². The van der Waals surface area contributed by atoms with Crippen LogP contribution in [0.3, 0.4) is 0 Å². The van der Waals surface area contributed by atoms with Gasteiger partial charge in [-0.15, -0.1) is 0 Å². The average molecular weight is 438 g/mol. The van der Waals surface area contributed by atoms with E-state index in [2.05, 4.69) is 4.74 Å². The summed E-state index contributed by atoms with van der Waals surface area (Å²) in [6.07, 6.45) is -2.08. The zero-order valence-electron chi connectivity index (χ0n) is 16.0. The van der Waals surface area contributed by atoms with E-state index in [9.17, 15) is 22.8 Å². The third kappa shape index (κ3) is 7.17. The summed E-state index contributed by atoms with van der Waals surface area (Å²) in [6.45, 7) is 1.61. The van der Waals surface area contributed by atoms with Gasteiger partial charge in [0.2, 0.25) is 0 Å². The van der Waals surface area contributed by atoms with E-state index in [1.807, 2.05) is 0 Å². The van der Waals surface area contributed by atoms with Gasteiger partial charge < -0.3 is 14.2 Å². The van der Waals surface area contributed by atoms with Crippen LogP contribution in [0.15, 0.2) is 18.2 Å². The Kier molecular flexibility index (Phi) is 8.73. The fraction of sp³-hybridized carbons (Fsp3) is 0.579. The topological polar surface area (TPSA) is 65.1 Å². The first-order chi connectivity index (χ1) is 13.7. The normalized spacial score (nSPS) is 17.1. The maximum atomic E-state index is 13.0. The van der Waals surface area contributed by atoms with Gasteiger partial charge >= 0.3 is 18.1 Å². The number of esters is 1. The lowest BCUT2D eigenvalue weighted by molar-refractivity contribution is -0.171. The number of halogens is 4. The second kappa shape index (κ2) is 10.8. The lowest BCUT2D eigenvalue weighted by atomic mass is 10.1. The van der Waals surface area contributed by atoms with Gasteiger partial charge in [0, 0.05) is 6.61 Å². The van der Waals surface area contributed by atoms with E-state index in [-0.39, 0.29) is 28.5 Å². The lowest BCUT2D eigenvalue weighted by Gasteiger charge is -2.24. The second-order valence-electron chi connectivity index (χ2n) is 6.40. The fourth-order valence-electron chi connectivity index (χ4n) is 2.83. The van der Waals surface area contributed by atoms with Crippen LogP contribution in [-0.2, 0) is 30.2 Å². The molecule has 0 aromatic heterocycles. The monoisotopic (exact) mass is 437 g/mol. The van der Waals surface area contributed by atoms with Crippen LogP contribution in [0.4, 0.5) is 18.9 Å². The SMILES string of the molecule is CCOC(=O)CN(C(=O)C(F)(F)F)c1ccc(CCO[C@@H]2CCCCO2)cc1Cl. The molecule has 1 fully saturated rings. The van der Waals surface area contributed by atoms with Crippen LogP contribution < -0.4 is 4.90 Å². The van der Waals surface area contributed by atoms with E-state index < -0.39 is 24.6 Å². The summed E-state index contributed by atoms with van der Waals surface area (Å²) in [5, 5.41) is -0.0849. The molecule has 29 heavy (non-hydrogen) atoms. The van der Waals surface area contributed by atoms with Crippen molar-refractivity contribution >= 4 is 29.2 Å². The van der Waals surface area contributed by atoms with Crippen LogP contribution in [0.1, 0.15) is 31.7 Å². The van der Waals surface area contributed by atoms with Crippen molar-refractivity contribution in [1.29, 1.82) is 0 Å². The molecule has 1 aromatic carbocycles. The van der Waals surface area contributed by atoms with Gasteiger partial charge in [-0.1, -0.05) is 17.7 Å². The van der Waals surface area contributed by atoms with Gasteiger partial charge in [-0.05, 0) is 50.3 Å². The van der Waals surface area contributed by atoms with Crippen molar-refractivity contribution in [2.24, 2.45) is 0 Å². The van der Waals surface area contributed by atoms with E-state index in [0.29, 0.717) is 25.2 Å². The maximum absolute atomic E-state index is 13.0. The summed E-state index contributed by atoms with van der Waals surface area (Å²) in [5.41, 5.74) is 0.493. The Balaban J connectivity index is 2.08. The number of ether oxygens (including phenoxy) is 3. The zero-order valence-corrected chi connectivity index (χ0v) is 16.7. The Morgan fingerprint density at radius 1 is 1.31 bits per heavy atom. The highest BCUT2D eigenvalue weighted by Crippen LogP contribution is 2.31. The van der Waals surface area contributed by atoms with Crippen molar-refractivity contribution in [2.45, 2.75) is 45.1 Å². The molecule has 2 rings (SSSR count). The summed E-state index contributed by atoms with van der Waals surface area (Å²) in [6, 6.07) is 4.26. The van der Waals surface area contributed by atoms with E-state index >= 15 is 0 Å². The third-order valence-electron chi connectivity index (χ3n) is 4.22. The first-order valence-corrected chi connectivity index (χ1v) is 9.66. The first-order valence-electron chi connectivity index (χ1n) is 9.28. The Hall–Kier alpha value is -1.84. The number of nitrogens with zero attached hydrogens (tertiary/aromatic N) is 1. The van der Waals surface area contributed by atoms with Gasteiger partial charge in [0.15, 0.2) is 6.29 Å².